The Kier molecular flexibility index (Phi) is 6.01. The van der Waals surface area contributed by atoms with Gasteiger partial charge in [-0.05, 0) is 31.5 Å². The first-order valence-electron chi connectivity index (χ1n) is 6.62. The SMILES string of the molecule is Cc1ccn2cc(C(=O)N3CCNC[C@H]3C)nc2c1.Cl.Cl. The van der Waals surface area contributed by atoms with Gasteiger partial charge < -0.3 is 14.6 Å². The Morgan fingerprint density at radius 2 is 2.19 bits per heavy atom. The molecule has 7 heteroatoms. The van der Waals surface area contributed by atoms with E-state index in [1.807, 2.05) is 40.8 Å². The summed E-state index contributed by atoms with van der Waals surface area (Å²) in [7, 11) is 0. The number of aromatic nitrogens is 2. The molecule has 1 saturated heterocycles. The Morgan fingerprint density at radius 3 is 2.90 bits per heavy atom. The number of carbonyl (C=O) groups excluding carboxylic acids is 1. The molecule has 5 nitrogen and oxygen atoms in total. The van der Waals surface area contributed by atoms with Crippen molar-refractivity contribution < 1.29 is 4.79 Å². The van der Waals surface area contributed by atoms with Gasteiger partial charge in [-0.15, -0.1) is 24.8 Å². The van der Waals surface area contributed by atoms with Gasteiger partial charge in [0.1, 0.15) is 11.3 Å². The van der Waals surface area contributed by atoms with Gasteiger partial charge in [0.2, 0.25) is 0 Å². The number of hydrogen-bond donors (Lipinski definition) is 1. The van der Waals surface area contributed by atoms with Crippen LogP contribution in [-0.4, -0.2) is 45.9 Å². The van der Waals surface area contributed by atoms with Gasteiger partial charge in [-0.1, -0.05) is 0 Å². The van der Waals surface area contributed by atoms with Crippen LogP contribution in [0.4, 0.5) is 0 Å². The zero-order valence-corrected chi connectivity index (χ0v) is 13.7. The van der Waals surface area contributed by atoms with Crippen molar-refractivity contribution in [2.75, 3.05) is 19.6 Å². The summed E-state index contributed by atoms with van der Waals surface area (Å²) < 4.78 is 1.90. The minimum absolute atomic E-state index is 0. The van der Waals surface area contributed by atoms with Gasteiger partial charge in [-0.2, -0.15) is 0 Å². The Bertz CT molecular complexity index is 628. The van der Waals surface area contributed by atoms with E-state index in [1.54, 1.807) is 0 Å². The average Bonchev–Trinajstić information content (AvgIpc) is 2.81. The van der Waals surface area contributed by atoms with Crippen LogP contribution in [0.1, 0.15) is 23.0 Å². The fourth-order valence-electron chi connectivity index (χ4n) is 2.48. The molecule has 1 fully saturated rings. The number of carbonyl (C=O) groups is 1. The summed E-state index contributed by atoms with van der Waals surface area (Å²) in [6, 6.07) is 4.21. The van der Waals surface area contributed by atoms with Crippen LogP contribution >= 0.6 is 24.8 Å². The Balaban J connectivity index is 0.00000110. The van der Waals surface area contributed by atoms with Crippen LogP contribution in [0.3, 0.4) is 0 Å². The minimum Gasteiger partial charge on any atom is -0.332 e. The number of piperazine rings is 1. The number of rotatable bonds is 1. The molecule has 2 aromatic heterocycles. The predicted octanol–water partition coefficient (Wildman–Crippen LogP) is 1.92. The molecule has 3 rings (SSSR count). The van der Waals surface area contributed by atoms with Crippen LogP contribution in [0.25, 0.3) is 5.65 Å². The molecule has 116 valence electrons. The van der Waals surface area contributed by atoms with E-state index < -0.39 is 0 Å². The maximum atomic E-state index is 12.5. The highest BCUT2D eigenvalue weighted by atomic mass is 35.5. The lowest BCUT2D eigenvalue weighted by Gasteiger charge is -2.33. The molecule has 2 aromatic rings. The fourth-order valence-corrected chi connectivity index (χ4v) is 2.48. The van der Waals surface area contributed by atoms with Crippen LogP contribution in [-0.2, 0) is 0 Å². The summed E-state index contributed by atoms with van der Waals surface area (Å²) in [6.45, 7) is 6.52. The number of aryl methyl sites for hydroxylation is 1. The summed E-state index contributed by atoms with van der Waals surface area (Å²) in [4.78, 5) is 18.8. The van der Waals surface area contributed by atoms with E-state index >= 15 is 0 Å². The standard InChI is InChI=1S/C14H18N4O.2ClH/c1-10-3-5-17-9-12(16-13(17)7-10)14(19)18-6-4-15-8-11(18)2;;/h3,5,7,9,11,15H,4,6,8H2,1-2H3;2*1H/t11-;;/m1../s1. The van der Waals surface area contributed by atoms with Gasteiger partial charge in [0.05, 0.1) is 0 Å². The molecule has 0 aromatic carbocycles. The second-order valence-corrected chi connectivity index (χ2v) is 5.15. The molecule has 0 aliphatic carbocycles. The summed E-state index contributed by atoms with van der Waals surface area (Å²) in [5, 5.41) is 3.29. The molecule has 1 atom stereocenters. The minimum atomic E-state index is 0. The number of halogens is 2. The quantitative estimate of drug-likeness (QED) is 0.869. The highest BCUT2D eigenvalue weighted by molar-refractivity contribution is 5.93. The first kappa shape index (κ1) is 17.8. The van der Waals surface area contributed by atoms with Crippen molar-refractivity contribution >= 4 is 36.4 Å². The molecule has 0 radical (unpaired) electrons. The van der Waals surface area contributed by atoms with Gasteiger partial charge >= 0.3 is 0 Å². The second-order valence-electron chi connectivity index (χ2n) is 5.15. The lowest BCUT2D eigenvalue weighted by molar-refractivity contribution is 0.0650. The van der Waals surface area contributed by atoms with Crippen molar-refractivity contribution in [2.24, 2.45) is 0 Å². The molecular weight excluding hydrogens is 311 g/mol. The van der Waals surface area contributed by atoms with Crippen molar-refractivity contribution in [3.63, 3.8) is 0 Å². The number of nitrogens with zero attached hydrogens (tertiary/aromatic N) is 3. The maximum Gasteiger partial charge on any atom is 0.274 e. The van der Waals surface area contributed by atoms with Gasteiger partial charge in [0, 0.05) is 38.1 Å². The van der Waals surface area contributed by atoms with Crippen LogP contribution < -0.4 is 5.32 Å². The zero-order valence-electron chi connectivity index (χ0n) is 12.1. The van der Waals surface area contributed by atoms with E-state index in [1.165, 1.54) is 0 Å². The molecule has 1 aliphatic heterocycles. The summed E-state index contributed by atoms with van der Waals surface area (Å²) in [5.41, 5.74) is 2.50. The van der Waals surface area contributed by atoms with E-state index in [-0.39, 0.29) is 36.8 Å². The predicted molar refractivity (Wildman–Crippen MR) is 87.8 cm³/mol. The van der Waals surface area contributed by atoms with E-state index in [0.717, 1.165) is 30.8 Å². The number of nitrogens with one attached hydrogen (secondary N) is 1. The largest absolute Gasteiger partial charge is 0.332 e. The second kappa shape index (κ2) is 7.11. The average molecular weight is 331 g/mol. The summed E-state index contributed by atoms with van der Waals surface area (Å²) in [6.07, 6.45) is 3.75. The van der Waals surface area contributed by atoms with Crippen molar-refractivity contribution in [3.8, 4) is 0 Å². The molecule has 21 heavy (non-hydrogen) atoms. The monoisotopic (exact) mass is 330 g/mol. The molecule has 3 heterocycles. The van der Waals surface area contributed by atoms with E-state index in [9.17, 15) is 4.79 Å². The highest BCUT2D eigenvalue weighted by Crippen LogP contribution is 2.12. The lowest BCUT2D eigenvalue weighted by Crippen LogP contribution is -2.52. The summed E-state index contributed by atoms with van der Waals surface area (Å²) >= 11 is 0. The van der Waals surface area contributed by atoms with Crippen LogP contribution in [0.5, 0.6) is 0 Å². The summed E-state index contributed by atoms with van der Waals surface area (Å²) in [5.74, 6) is 0.0235. The highest BCUT2D eigenvalue weighted by Gasteiger charge is 2.25. The van der Waals surface area contributed by atoms with Gasteiger partial charge in [-0.3, -0.25) is 4.79 Å². The van der Waals surface area contributed by atoms with Crippen molar-refractivity contribution in [1.82, 2.24) is 19.6 Å². The zero-order chi connectivity index (χ0) is 13.4. The molecule has 0 unspecified atom stereocenters. The van der Waals surface area contributed by atoms with E-state index in [2.05, 4.69) is 17.2 Å². The number of fused-ring (bicyclic) bond motifs is 1. The van der Waals surface area contributed by atoms with Crippen molar-refractivity contribution in [1.29, 1.82) is 0 Å². The third kappa shape index (κ3) is 3.48. The number of imidazole rings is 1. The van der Waals surface area contributed by atoms with E-state index in [4.69, 9.17) is 0 Å². The fraction of sp³-hybridized carbons (Fsp3) is 0.429. The van der Waals surface area contributed by atoms with Gasteiger partial charge in [0.25, 0.3) is 5.91 Å². The normalized spacial score (nSPS) is 18.0. The molecule has 0 bridgehead atoms. The van der Waals surface area contributed by atoms with Crippen molar-refractivity contribution in [2.45, 2.75) is 19.9 Å². The number of pyridine rings is 1. The molecule has 1 amide bonds. The first-order chi connectivity index (χ1) is 9.15. The topological polar surface area (TPSA) is 49.6 Å². The number of hydrogen-bond acceptors (Lipinski definition) is 3. The lowest BCUT2D eigenvalue weighted by atomic mass is 10.2. The van der Waals surface area contributed by atoms with Gasteiger partial charge in [-0.25, -0.2) is 4.98 Å². The molecule has 0 saturated carbocycles. The van der Waals surface area contributed by atoms with Crippen LogP contribution in [0.2, 0.25) is 0 Å². The van der Waals surface area contributed by atoms with Gasteiger partial charge in [0.15, 0.2) is 0 Å². The maximum absolute atomic E-state index is 12.5. The third-order valence-electron chi connectivity index (χ3n) is 3.60. The molecular formula is C14H20Cl2N4O. The third-order valence-corrected chi connectivity index (χ3v) is 3.60. The smallest absolute Gasteiger partial charge is 0.274 e. The number of amides is 1. The Morgan fingerprint density at radius 1 is 1.43 bits per heavy atom. The molecule has 1 N–H and O–H groups in total. The van der Waals surface area contributed by atoms with Crippen molar-refractivity contribution in [3.05, 3.63) is 35.8 Å². The molecule has 1 aliphatic rings. The molecule has 0 spiro atoms. The van der Waals surface area contributed by atoms with E-state index in [0.29, 0.717) is 5.69 Å². The Labute approximate surface area is 136 Å². The Hall–Kier alpha value is -1.30. The van der Waals surface area contributed by atoms with Crippen LogP contribution in [0.15, 0.2) is 24.5 Å². The first-order valence-corrected chi connectivity index (χ1v) is 6.62. The van der Waals surface area contributed by atoms with Crippen LogP contribution in [0, 0.1) is 6.92 Å².